The van der Waals surface area contributed by atoms with Gasteiger partial charge in [-0.15, -0.1) is 0 Å². The number of aromatic nitrogens is 1. The molecule has 0 unspecified atom stereocenters. The molecule has 4 nitrogen and oxygen atoms in total. The van der Waals surface area contributed by atoms with Crippen LogP contribution >= 0.6 is 0 Å². The average Bonchev–Trinajstić information content (AvgIpc) is 3.77. The van der Waals surface area contributed by atoms with E-state index in [-0.39, 0.29) is 0 Å². The maximum Gasteiger partial charge on any atom is 0.227 e. The SMILES string of the molecule is c1ccc(-c2cccc(N(c3ccc4ccc5ccccc5c4c3)c3ccc4oc5ccc6oc(-c7ccccc7)nc6c5c4c3)c2)cc1. The molecule has 0 atom stereocenters. The van der Waals surface area contributed by atoms with E-state index in [4.69, 9.17) is 13.8 Å². The molecule has 0 amide bonds. The Morgan fingerprint density at radius 2 is 1.00 bits per heavy atom. The van der Waals surface area contributed by atoms with Gasteiger partial charge in [0.15, 0.2) is 5.58 Å². The Labute approximate surface area is 282 Å². The fraction of sp³-hybridized carbons (Fsp3) is 0. The maximum absolute atomic E-state index is 6.40. The lowest BCUT2D eigenvalue weighted by Crippen LogP contribution is -2.10. The topological polar surface area (TPSA) is 42.4 Å². The van der Waals surface area contributed by atoms with E-state index < -0.39 is 0 Å². The number of benzene rings is 8. The number of rotatable bonds is 5. The largest absolute Gasteiger partial charge is 0.456 e. The quantitative estimate of drug-likeness (QED) is 0.178. The molecule has 0 fully saturated rings. The van der Waals surface area contributed by atoms with Gasteiger partial charge in [-0.2, -0.15) is 0 Å². The van der Waals surface area contributed by atoms with E-state index in [0.29, 0.717) is 5.89 Å². The monoisotopic (exact) mass is 628 g/mol. The normalized spacial score (nSPS) is 11.7. The zero-order chi connectivity index (χ0) is 32.3. The van der Waals surface area contributed by atoms with Gasteiger partial charge in [0, 0.05) is 28.0 Å². The highest BCUT2D eigenvalue weighted by Gasteiger charge is 2.20. The second-order valence-electron chi connectivity index (χ2n) is 12.4. The van der Waals surface area contributed by atoms with Crippen molar-refractivity contribution in [2.24, 2.45) is 0 Å². The van der Waals surface area contributed by atoms with E-state index in [9.17, 15) is 0 Å². The summed E-state index contributed by atoms with van der Waals surface area (Å²) in [5.74, 6) is 0.594. The van der Waals surface area contributed by atoms with Crippen molar-refractivity contribution >= 4 is 71.6 Å². The van der Waals surface area contributed by atoms with Crippen LogP contribution in [0.4, 0.5) is 17.1 Å². The first-order valence-electron chi connectivity index (χ1n) is 16.5. The number of furan rings is 1. The Bertz CT molecular complexity index is 2830. The fourth-order valence-electron chi connectivity index (χ4n) is 7.12. The summed E-state index contributed by atoms with van der Waals surface area (Å²) in [5.41, 5.74) is 9.52. The van der Waals surface area contributed by atoms with Crippen LogP contribution in [0.3, 0.4) is 0 Å². The second-order valence-corrected chi connectivity index (χ2v) is 12.4. The number of hydrogen-bond acceptors (Lipinski definition) is 4. The molecule has 230 valence electrons. The molecule has 0 aliphatic rings. The van der Waals surface area contributed by atoms with Gasteiger partial charge in [0.1, 0.15) is 16.7 Å². The van der Waals surface area contributed by atoms with Crippen molar-refractivity contribution in [2.45, 2.75) is 0 Å². The first kappa shape index (κ1) is 27.5. The highest BCUT2D eigenvalue weighted by atomic mass is 16.4. The van der Waals surface area contributed by atoms with E-state index in [1.54, 1.807) is 0 Å². The van der Waals surface area contributed by atoms with E-state index in [1.165, 1.54) is 27.1 Å². The third kappa shape index (κ3) is 4.57. The van der Waals surface area contributed by atoms with E-state index >= 15 is 0 Å². The zero-order valence-electron chi connectivity index (χ0n) is 26.4. The molecular weight excluding hydrogens is 601 g/mol. The van der Waals surface area contributed by atoms with Crippen molar-refractivity contribution in [1.82, 2.24) is 4.98 Å². The van der Waals surface area contributed by atoms with Gasteiger partial charge in [0.25, 0.3) is 0 Å². The van der Waals surface area contributed by atoms with Crippen molar-refractivity contribution in [1.29, 1.82) is 0 Å². The minimum atomic E-state index is 0.594. The van der Waals surface area contributed by atoms with Gasteiger partial charge in [-0.25, -0.2) is 4.98 Å². The minimum Gasteiger partial charge on any atom is -0.456 e. The lowest BCUT2D eigenvalue weighted by Gasteiger charge is -2.26. The summed E-state index contributed by atoms with van der Waals surface area (Å²) in [6.07, 6.45) is 0. The molecule has 2 aromatic heterocycles. The van der Waals surface area contributed by atoms with Crippen LogP contribution in [-0.2, 0) is 0 Å². The summed E-state index contributed by atoms with van der Waals surface area (Å²) in [5, 5.41) is 6.82. The molecule has 10 rings (SSSR count). The summed E-state index contributed by atoms with van der Waals surface area (Å²) < 4.78 is 12.7. The molecule has 8 aromatic carbocycles. The highest BCUT2D eigenvalue weighted by Crippen LogP contribution is 2.43. The van der Waals surface area contributed by atoms with Crippen LogP contribution in [0, 0.1) is 0 Å². The number of oxazole rings is 1. The summed E-state index contributed by atoms with van der Waals surface area (Å²) in [6.45, 7) is 0. The molecule has 4 heteroatoms. The predicted octanol–water partition coefficient (Wildman–Crippen LogP) is 12.8. The van der Waals surface area contributed by atoms with Crippen LogP contribution in [-0.4, -0.2) is 4.98 Å². The molecule has 0 radical (unpaired) electrons. The van der Waals surface area contributed by atoms with Gasteiger partial charge in [-0.3, -0.25) is 0 Å². The minimum absolute atomic E-state index is 0.594. The number of anilines is 3. The van der Waals surface area contributed by atoms with Crippen molar-refractivity contribution < 1.29 is 8.83 Å². The lowest BCUT2D eigenvalue weighted by molar-refractivity contribution is 0.619. The number of nitrogens with zero attached hydrogens (tertiary/aromatic N) is 2. The molecule has 10 aromatic rings. The van der Waals surface area contributed by atoms with Gasteiger partial charge in [0.05, 0.1) is 5.39 Å². The number of fused-ring (bicyclic) bond motifs is 8. The first-order chi connectivity index (χ1) is 24.3. The standard InChI is InChI=1S/C45H28N2O2/c1-3-10-29(11-4-1)33-15-9-16-34(26-33)47(35-21-20-31-19-18-30-12-7-8-17-37(30)38(31)27-35)36-22-23-40-39(28-36)43-41(48-40)24-25-42-44(43)46-45(49-42)32-13-5-2-6-14-32/h1-28H. The summed E-state index contributed by atoms with van der Waals surface area (Å²) in [4.78, 5) is 7.33. The Kier molecular flexibility index (Phi) is 6.15. The van der Waals surface area contributed by atoms with Crippen LogP contribution in [0.1, 0.15) is 0 Å². The van der Waals surface area contributed by atoms with E-state index in [2.05, 4.69) is 132 Å². The molecule has 2 heterocycles. The smallest absolute Gasteiger partial charge is 0.227 e. The van der Waals surface area contributed by atoms with Crippen LogP contribution in [0.5, 0.6) is 0 Å². The lowest BCUT2D eigenvalue weighted by atomic mass is 10.0. The molecule has 0 aliphatic heterocycles. The fourth-order valence-corrected chi connectivity index (χ4v) is 7.12. The van der Waals surface area contributed by atoms with E-state index in [0.717, 1.165) is 61.2 Å². The highest BCUT2D eigenvalue weighted by molar-refractivity contribution is 6.17. The average molecular weight is 629 g/mol. The Morgan fingerprint density at radius 1 is 0.388 bits per heavy atom. The first-order valence-corrected chi connectivity index (χ1v) is 16.5. The predicted molar refractivity (Wildman–Crippen MR) is 202 cm³/mol. The maximum atomic E-state index is 6.40. The molecule has 0 aliphatic carbocycles. The van der Waals surface area contributed by atoms with Crippen LogP contribution in [0.2, 0.25) is 0 Å². The van der Waals surface area contributed by atoms with Crippen LogP contribution in [0.25, 0.3) is 77.2 Å². The number of hydrogen-bond donors (Lipinski definition) is 0. The summed E-state index contributed by atoms with van der Waals surface area (Å²) in [6, 6.07) is 59.4. The summed E-state index contributed by atoms with van der Waals surface area (Å²) >= 11 is 0. The van der Waals surface area contributed by atoms with Crippen molar-refractivity contribution in [3.8, 4) is 22.6 Å². The Hall–Kier alpha value is -6.65. The molecule has 0 bridgehead atoms. The van der Waals surface area contributed by atoms with Crippen LogP contribution < -0.4 is 4.90 Å². The zero-order valence-corrected chi connectivity index (χ0v) is 26.4. The van der Waals surface area contributed by atoms with Gasteiger partial charge in [-0.05, 0) is 99.4 Å². The molecule has 49 heavy (non-hydrogen) atoms. The molecular formula is C45H28N2O2. The van der Waals surface area contributed by atoms with Gasteiger partial charge in [0.2, 0.25) is 5.89 Å². The Balaban J connectivity index is 1.21. The second kappa shape index (κ2) is 11.0. The Morgan fingerprint density at radius 3 is 1.84 bits per heavy atom. The van der Waals surface area contributed by atoms with Gasteiger partial charge < -0.3 is 13.7 Å². The van der Waals surface area contributed by atoms with Crippen molar-refractivity contribution in [3.63, 3.8) is 0 Å². The van der Waals surface area contributed by atoms with Crippen LogP contribution in [0.15, 0.2) is 179 Å². The van der Waals surface area contributed by atoms with Gasteiger partial charge >= 0.3 is 0 Å². The third-order valence-corrected chi connectivity index (χ3v) is 9.45. The summed E-state index contributed by atoms with van der Waals surface area (Å²) in [7, 11) is 0. The molecule has 0 saturated heterocycles. The third-order valence-electron chi connectivity index (χ3n) is 9.45. The molecule has 0 spiro atoms. The molecule has 0 saturated carbocycles. The van der Waals surface area contributed by atoms with Gasteiger partial charge in [-0.1, -0.05) is 103 Å². The van der Waals surface area contributed by atoms with E-state index in [1.807, 2.05) is 42.5 Å². The van der Waals surface area contributed by atoms with Crippen molar-refractivity contribution in [2.75, 3.05) is 4.90 Å². The van der Waals surface area contributed by atoms with Crippen molar-refractivity contribution in [3.05, 3.63) is 170 Å². The molecule has 0 N–H and O–H groups in total.